The number of thiazole rings is 1. The smallest absolute Gasteiger partial charge is 0.222 e. The van der Waals surface area contributed by atoms with E-state index in [9.17, 15) is 4.79 Å². The van der Waals surface area contributed by atoms with Gasteiger partial charge in [-0.25, -0.2) is 4.98 Å². The average Bonchev–Trinajstić information content (AvgIpc) is 2.76. The highest BCUT2D eigenvalue weighted by Crippen LogP contribution is 2.30. The largest absolute Gasteiger partial charge is 0.369 e. The molecule has 5 heteroatoms. The number of carbonyl (C=O) groups excluding carboxylic acids is 1. The van der Waals surface area contributed by atoms with Gasteiger partial charge in [0.2, 0.25) is 5.91 Å². The van der Waals surface area contributed by atoms with Crippen LogP contribution in [0, 0.1) is 6.92 Å². The van der Waals surface area contributed by atoms with Crippen molar-refractivity contribution in [3.05, 3.63) is 46.0 Å². The molecule has 0 saturated carbocycles. The molecule has 1 aromatic carbocycles. The maximum atomic E-state index is 11.0. The molecule has 0 atom stereocenters. The molecule has 1 aromatic heterocycles. The molecule has 2 N–H and O–H groups in total. The number of thioether (sulfide) groups is 1. The van der Waals surface area contributed by atoms with Crippen LogP contribution in [0.2, 0.25) is 0 Å². The SMILES string of the molecule is Cc1nc(SCc2ccc(C(C)(C)C)cc2)sc1CC(N)=O. The number of benzene rings is 1. The van der Waals surface area contributed by atoms with Crippen LogP contribution in [0.1, 0.15) is 42.5 Å². The van der Waals surface area contributed by atoms with Gasteiger partial charge in [-0.3, -0.25) is 4.79 Å². The number of hydrogen-bond donors (Lipinski definition) is 1. The summed E-state index contributed by atoms with van der Waals surface area (Å²) in [6.45, 7) is 8.58. The fourth-order valence-corrected chi connectivity index (χ4v) is 4.23. The van der Waals surface area contributed by atoms with Gasteiger partial charge in [0.05, 0.1) is 12.1 Å². The first kappa shape index (κ1) is 17.0. The Labute approximate surface area is 140 Å². The van der Waals surface area contributed by atoms with Gasteiger partial charge in [-0.2, -0.15) is 0 Å². The van der Waals surface area contributed by atoms with Crippen molar-refractivity contribution in [3.8, 4) is 0 Å². The van der Waals surface area contributed by atoms with Crippen LogP contribution in [0.5, 0.6) is 0 Å². The molecule has 2 aromatic rings. The van der Waals surface area contributed by atoms with E-state index in [1.54, 1.807) is 23.1 Å². The van der Waals surface area contributed by atoms with Gasteiger partial charge in [0, 0.05) is 10.6 Å². The van der Waals surface area contributed by atoms with Crippen LogP contribution in [0.3, 0.4) is 0 Å². The topological polar surface area (TPSA) is 56.0 Å². The molecule has 0 saturated heterocycles. The Morgan fingerprint density at radius 1 is 1.27 bits per heavy atom. The molecule has 0 radical (unpaired) electrons. The Balaban J connectivity index is 2.00. The highest BCUT2D eigenvalue weighted by Gasteiger charge is 2.13. The zero-order valence-electron chi connectivity index (χ0n) is 13.5. The lowest BCUT2D eigenvalue weighted by Crippen LogP contribution is -2.13. The monoisotopic (exact) mass is 334 g/mol. The van der Waals surface area contributed by atoms with Crippen LogP contribution in [0.4, 0.5) is 0 Å². The molecule has 0 unspecified atom stereocenters. The summed E-state index contributed by atoms with van der Waals surface area (Å²) < 4.78 is 0.994. The average molecular weight is 335 g/mol. The van der Waals surface area contributed by atoms with Crippen molar-refractivity contribution >= 4 is 29.0 Å². The second-order valence-electron chi connectivity index (χ2n) is 6.37. The number of hydrogen-bond acceptors (Lipinski definition) is 4. The van der Waals surface area contributed by atoms with Crippen LogP contribution in [0.15, 0.2) is 28.6 Å². The zero-order valence-corrected chi connectivity index (χ0v) is 15.1. The number of aromatic nitrogens is 1. The first-order valence-corrected chi connectivity index (χ1v) is 9.03. The molecule has 0 bridgehead atoms. The standard InChI is InChI=1S/C17H22N2OS2/c1-11-14(9-15(18)20)22-16(19-11)21-10-12-5-7-13(8-6-12)17(2,3)4/h5-8H,9-10H2,1-4H3,(H2,18,20). The van der Waals surface area contributed by atoms with E-state index in [1.165, 1.54) is 11.1 Å². The molecule has 0 aliphatic rings. The Morgan fingerprint density at radius 2 is 1.91 bits per heavy atom. The number of carbonyl (C=O) groups is 1. The van der Waals surface area contributed by atoms with Crippen LogP contribution >= 0.6 is 23.1 Å². The summed E-state index contributed by atoms with van der Waals surface area (Å²) in [5, 5.41) is 0. The lowest BCUT2D eigenvalue weighted by Gasteiger charge is -2.19. The summed E-state index contributed by atoms with van der Waals surface area (Å²) in [5.74, 6) is 0.578. The fourth-order valence-electron chi connectivity index (χ4n) is 2.03. The van der Waals surface area contributed by atoms with E-state index in [-0.39, 0.29) is 17.7 Å². The quantitative estimate of drug-likeness (QED) is 0.839. The summed E-state index contributed by atoms with van der Waals surface area (Å²) >= 11 is 3.27. The second-order valence-corrected chi connectivity index (χ2v) is 8.67. The van der Waals surface area contributed by atoms with E-state index < -0.39 is 0 Å². The van der Waals surface area contributed by atoms with E-state index in [1.807, 2.05) is 6.92 Å². The molecule has 1 amide bonds. The number of aryl methyl sites for hydroxylation is 1. The summed E-state index contributed by atoms with van der Waals surface area (Å²) in [6, 6.07) is 8.75. The van der Waals surface area contributed by atoms with Crippen molar-refractivity contribution in [2.45, 2.75) is 49.6 Å². The normalized spacial score (nSPS) is 11.6. The van der Waals surface area contributed by atoms with Gasteiger partial charge in [0.15, 0.2) is 4.34 Å². The molecule has 2 rings (SSSR count). The second kappa shape index (κ2) is 6.84. The van der Waals surface area contributed by atoms with Gasteiger partial charge in [0.25, 0.3) is 0 Å². The van der Waals surface area contributed by atoms with Crippen molar-refractivity contribution in [3.63, 3.8) is 0 Å². The third-order valence-electron chi connectivity index (χ3n) is 3.39. The zero-order chi connectivity index (χ0) is 16.3. The third-order valence-corrected chi connectivity index (χ3v) is 5.76. The minimum absolute atomic E-state index is 0.182. The lowest BCUT2D eigenvalue weighted by molar-refractivity contribution is -0.117. The van der Waals surface area contributed by atoms with Crippen molar-refractivity contribution in [1.29, 1.82) is 0 Å². The van der Waals surface area contributed by atoms with E-state index in [4.69, 9.17) is 5.73 Å². The Bertz CT molecular complexity index is 654. The summed E-state index contributed by atoms with van der Waals surface area (Å²) in [7, 11) is 0. The highest BCUT2D eigenvalue weighted by molar-refractivity contribution is 8.00. The molecule has 3 nitrogen and oxygen atoms in total. The van der Waals surface area contributed by atoms with Crippen molar-refractivity contribution < 1.29 is 4.79 Å². The summed E-state index contributed by atoms with van der Waals surface area (Å²) in [5.41, 5.74) is 8.97. The Hall–Kier alpha value is -1.33. The van der Waals surface area contributed by atoms with Crippen LogP contribution < -0.4 is 5.73 Å². The summed E-state index contributed by atoms with van der Waals surface area (Å²) in [4.78, 5) is 16.5. The van der Waals surface area contributed by atoms with Gasteiger partial charge in [-0.05, 0) is 23.5 Å². The van der Waals surface area contributed by atoms with Crippen LogP contribution in [-0.2, 0) is 22.4 Å². The fraction of sp³-hybridized carbons (Fsp3) is 0.412. The van der Waals surface area contributed by atoms with Gasteiger partial charge < -0.3 is 5.73 Å². The minimum atomic E-state index is -0.305. The van der Waals surface area contributed by atoms with Crippen LogP contribution in [-0.4, -0.2) is 10.9 Å². The van der Waals surface area contributed by atoms with E-state index >= 15 is 0 Å². The predicted octanol–water partition coefficient (Wildman–Crippen LogP) is 4.07. The maximum absolute atomic E-state index is 11.0. The van der Waals surface area contributed by atoms with Crippen molar-refractivity contribution in [1.82, 2.24) is 4.98 Å². The van der Waals surface area contributed by atoms with E-state index in [0.29, 0.717) is 0 Å². The molecule has 118 valence electrons. The number of nitrogens with zero attached hydrogens (tertiary/aromatic N) is 1. The number of nitrogens with two attached hydrogens (primary N) is 1. The molecule has 22 heavy (non-hydrogen) atoms. The maximum Gasteiger partial charge on any atom is 0.222 e. The van der Waals surface area contributed by atoms with Gasteiger partial charge in [0.1, 0.15) is 0 Å². The van der Waals surface area contributed by atoms with Gasteiger partial charge in [-0.15, -0.1) is 11.3 Å². The molecule has 0 aliphatic heterocycles. The molecular weight excluding hydrogens is 312 g/mol. The van der Waals surface area contributed by atoms with Crippen molar-refractivity contribution in [2.24, 2.45) is 5.73 Å². The molecular formula is C17H22N2OS2. The van der Waals surface area contributed by atoms with Gasteiger partial charge >= 0.3 is 0 Å². The Morgan fingerprint density at radius 3 is 2.45 bits per heavy atom. The first-order valence-electron chi connectivity index (χ1n) is 7.22. The van der Waals surface area contributed by atoms with Gasteiger partial charge in [-0.1, -0.05) is 56.8 Å². The van der Waals surface area contributed by atoms with E-state index in [0.717, 1.165) is 20.7 Å². The minimum Gasteiger partial charge on any atom is -0.369 e. The number of amides is 1. The van der Waals surface area contributed by atoms with Crippen molar-refractivity contribution in [2.75, 3.05) is 0 Å². The number of rotatable bonds is 5. The molecule has 0 fully saturated rings. The highest BCUT2D eigenvalue weighted by atomic mass is 32.2. The Kier molecular flexibility index (Phi) is 5.29. The number of primary amides is 1. The van der Waals surface area contributed by atoms with Crippen LogP contribution in [0.25, 0.3) is 0 Å². The summed E-state index contributed by atoms with van der Waals surface area (Å²) in [6.07, 6.45) is 0.282. The lowest BCUT2D eigenvalue weighted by atomic mass is 9.87. The molecule has 0 aliphatic carbocycles. The first-order chi connectivity index (χ1) is 10.3. The van der Waals surface area contributed by atoms with E-state index in [2.05, 4.69) is 50.0 Å². The molecule has 0 spiro atoms. The molecule has 1 heterocycles. The third kappa shape index (κ3) is 4.58. The predicted molar refractivity (Wildman–Crippen MR) is 94.5 cm³/mol.